The van der Waals surface area contributed by atoms with Crippen molar-refractivity contribution in [3.05, 3.63) is 69.6 Å². The number of H-pyrrole nitrogens is 1. The lowest BCUT2D eigenvalue weighted by Crippen LogP contribution is -2.14. The molecule has 0 saturated carbocycles. The van der Waals surface area contributed by atoms with E-state index in [1.165, 1.54) is 19.3 Å². The Morgan fingerprint density at radius 3 is 2.42 bits per heavy atom. The summed E-state index contributed by atoms with van der Waals surface area (Å²) in [6.45, 7) is 4.70. The molecule has 0 bridgehead atoms. The number of nitrogens with zero attached hydrogens (tertiary/aromatic N) is 2. The molecule has 0 amide bonds. The molecule has 1 N–H and O–H groups in total. The van der Waals surface area contributed by atoms with Gasteiger partial charge in [0.2, 0.25) is 5.56 Å². The second-order valence-corrected chi connectivity index (χ2v) is 11.3. The molecule has 0 spiro atoms. The van der Waals surface area contributed by atoms with Crippen LogP contribution in [0.25, 0.3) is 32.9 Å². The van der Waals surface area contributed by atoms with E-state index in [0.29, 0.717) is 11.5 Å². The summed E-state index contributed by atoms with van der Waals surface area (Å²) in [4.78, 5) is 19.0. The molecule has 5 aromatic rings. The van der Waals surface area contributed by atoms with Crippen LogP contribution >= 0.6 is 11.8 Å². The molecule has 40 heavy (non-hydrogen) atoms. The van der Waals surface area contributed by atoms with E-state index in [2.05, 4.69) is 14.5 Å². The second kappa shape index (κ2) is 12.1. The quantitative estimate of drug-likeness (QED) is 0.120. The van der Waals surface area contributed by atoms with Crippen LogP contribution in [-0.4, -0.2) is 20.3 Å². The van der Waals surface area contributed by atoms with Gasteiger partial charge in [0, 0.05) is 45.9 Å². The third-order valence-electron chi connectivity index (χ3n) is 7.58. The van der Waals surface area contributed by atoms with Gasteiger partial charge in [0.25, 0.3) is 5.22 Å². The zero-order chi connectivity index (χ0) is 28.3. The van der Waals surface area contributed by atoms with Crippen molar-refractivity contribution in [1.29, 1.82) is 0 Å². The number of fused-ring (bicyclic) bond motifs is 4. The Labute approximate surface area is 235 Å². The van der Waals surface area contributed by atoms with Gasteiger partial charge in [0.1, 0.15) is 5.52 Å². The molecule has 0 radical (unpaired) electrons. The molecule has 5 rings (SSSR count). The van der Waals surface area contributed by atoms with Crippen molar-refractivity contribution in [3.8, 4) is 0 Å². The van der Waals surface area contributed by atoms with Crippen molar-refractivity contribution in [2.24, 2.45) is 0 Å². The van der Waals surface area contributed by atoms with Gasteiger partial charge in [-0.3, -0.25) is 4.79 Å². The van der Waals surface area contributed by atoms with Crippen LogP contribution in [0.5, 0.6) is 0 Å². The summed E-state index contributed by atoms with van der Waals surface area (Å²) in [5, 5.41) is 1.41. The minimum atomic E-state index is -4.61. The highest BCUT2D eigenvalue weighted by Gasteiger charge is 2.34. The summed E-state index contributed by atoms with van der Waals surface area (Å²) >= 11 is 1.66. The van der Waals surface area contributed by atoms with Gasteiger partial charge in [-0.2, -0.15) is 13.2 Å². The molecular formula is C31H34F3N3O2S. The molecule has 0 aliphatic carbocycles. The Balaban J connectivity index is 1.14. The maximum atomic E-state index is 13.9. The number of halogens is 3. The number of aryl methyl sites for hydroxylation is 2. The first-order valence-electron chi connectivity index (χ1n) is 14.0. The van der Waals surface area contributed by atoms with Gasteiger partial charge in [-0.1, -0.05) is 62.9 Å². The van der Waals surface area contributed by atoms with Crippen molar-refractivity contribution in [3.63, 3.8) is 0 Å². The van der Waals surface area contributed by atoms with Crippen LogP contribution in [0, 0.1) is 6.92 Å². The molecule has 0 aliphatic rings. The third-order valence-corrected chi connectivity index (χ3v) is 8.49. The monoisotopic (exact) mass is 569 g/mol. The number of hydrogen-bond donors (Lipinski definition) is 1. The first-order valence-corrected chi connectivity index (χ1v) is 15.0. The van der Waals surface area contributed by atoms with E-state index in [-0.39, 0.29) is 10.9 Å². The summed E-state index contributed by atoms with van der Waals surface area (Å²) in [5.41, 5.74) is 3.05. The number of para-hydroxylation sites is 2. The standard InChI is InChI=1S/C31H34F3N3O2S/c1-3-24-20(2)28-25(16-15-23-29(28)21(31(32,33)34)19-27(38)35-23)37(24)17-11-7-5-4-6-8-12-18-40-30-36-22-13-9-10-14-26(22)39-30/h9-10,13-16,19H,3-8,11-12,17-18H2,1-2H3,(H,35,38). The van der Waals surface area contributed by atoms with Gasteiger partial charge < -0.3 is 14.0 Å². The van der Waals surface area contributed by atoms with Gasteiger partial charge in [-0.25, -0.2) is 4.98 Å². The Bertz CT molecular complexity index is 1650. The van der Waals surface area contributed by atoms with Crippen molar-refractivity contribution >= 4 is 44.7 Å². The first kappa shape index (κ1) is 28.3. The number of rotatable bonds is 12. The second-order valence-electron chi connectivity index (χ2n) is 10.3. The van der Waals surface area contributed by atoms with Gasteiger partial charge in [-0.05, 0) is 56.0 Å². The molecule has 0 atom stereocenters. The fourth-order valence-electron chi connectivity index (χ4n) is 5.71. The van der Waals surface area contributed by atoms with Crippen molar-refractivity contribution in [2.45, 2.75) is 83.2 Å². The first-order chi connectivity index (χ1) is 19.3. The molecule has 9 heteroatoms. The number of aromatic amines is 1. The lowest BCUT2D eigenvalue weighted by atomic mass is 10.0. The number of unbranched alkanes of at least 4 members (excludes halogenated alkanes) is 6. The largest absolute Gasteiger partial charge is 0.431 e. The molecular weight excluding hydrogens is 535 g/mol. The van der Waals surface area contributed by atoms with Crippen LogP contribution in [0.15, 0.2) is 56.9 Å². The van der Waals surface area contributed by atoms with Crippen LogP contribution in [0.3, 0.4) is 0 Å². The van der Waals surface area contributed by atoms with E-state index >= 15 is 0 Å². The molecule has 0 saturated heterocycles. The summed E-state index contributed by atoms with van der Waals surface area (Å²) in [6.07, 6.45) is 3.96. The van der Waals surface area contributed by atoms with E-state index in [9.17, 15) is 18.0 Å². The highest BCUT2D eigenvalue weighted by Crippen LogP contribution is 2.39. The molecule has 3 aromatic heterocycles. The Morgan fingerprint density at radius 2 is 1.70 bits per heavy atom. The van der Waals surface area contributed by atoms with Gasteiger partial charge >= 0.3 is 6.18 Å². The SMILES string of the molecule is CCc1c(C)c2c3c(C(F)(F)F)cc(=O)[nH]c3ccc2n1CCCCCCCCCSc1nc2ccccc2o1. The molecule has 0 aliphatic heterocycles. The van der Waals surface area contributed by atoms with E-state index in [1.54, 1.807) is 17.8 Å². The number of oxazole rings is 1. The highest BCUT2D eigenvalue weighted by atomic mass is 32.2. The van der Waals surface area contributed by atoms with Crippen molar-refractivity contribution in [1.82, 2.24) is 14.5 Å². The number of pyridine rings is 1. The topological polar surface area (TPSA) is 63.8 Å². The normalized spacial score (nSPS) is 12.3. The molecule has 212 valence electrons. The van der Waals surface area contributed by atoms with Crippen LogP contribution in [0.4, 0.5) is 13.2 Å². The summed E-state index contributed by atoms with van der Waals surface area (Å²) in [7, 11) is 0. The molecule has 5 nitrogen and oxygen atoms in total. The van der Waals surface area contributed by atoms with Crippen molar-refractivity contribution in [2.75, 3.05) is 5.75 Å². The van der Waals surface area contributed by atoms with E-state index in [0.717, 1.165) is 77.5 Å². The highest BCUT2D eigenvalue weighted by molar-refractivity contribution is 7.99. The van der Waals surface area contributed by atoms with E-state index in [4.69, 9.17) is 4.42 Å². The fourth-order valence-corrected chi connectivity index (χ4v) is 6.54. The summed E-state index contributed by atoms with van der Waals surface area (Å²) in [6, 6.07) is 11.9. The number of aromatic nitrogens is 3. The van der Waals surface area contributed by atoms with Gasteiger partial charge in [-0.15, -0.1) is 0 Å². The maximum absolute atomic E-state index is 13.9. The zero-order valence-electron chi connectivity index (χ0n) is 22.9. The summed E-state index contributed by atoms with van der Waals surface area (Å²) in [5.74, 6) is 0.991. The summed E-state index contributed by atoms with van der Waals surface area (Å²) < 4.78 is 49.7. The average molecular weight is 570 g/mol. The number of hydrogen-bond acceptors (Lipinski definition) is 4. The lowest BCUT2D eigenvalue weighted by Gasteiger charge is -2.12. The van der Waals surface area contributed by atoms with E-state index in [1.807, 2.05) is 44.2 Å². The number of thioether (sulfide) groups is 1. The van der Waals surface area contributed by atoms with E-state index < -0.39 is 17.3 Å². The van der Waals surface area contributed by atoms with Gasteiger partial charge in [0.15, 0.2) is 5.58 Å². The molecule has 3 heterocycles. The maximum Gasteiger partial charge on any atom is 0.417 e. The Morgan fingerprint density at radius 1 is 0.975 bits per heavy atom. The Hall–Kier alpha value is -3.20. The number of benzene rings is 2. The Kier molecular flexibility index (Phi) is 8.59. The lowest BCUT2D eigenvalue weighted by molar-refractivity contribution is -0.136. The van der Waals surface area contributed by atoms with Crippen LogP contribution in [-0.2, 0) is 19.1 Å². The molecule has 2 aromatic carbocycles. The van der Waals surface area contributed by atoms with Crippen LogP contribution < -0.4 is 5.56 Å². The predicted octanol–water partition coefficient (Wildman–Crippen LogP) is 9.04. The number of nitrogens with one attached hydrogen (secondary N) is 1. The van der Waals surface area contributed by atoms with Crippen LogP contribution in [0.1, 0.15) is 68.7 Å². The minimum Gasteiger partial charge on any atom is -0.431 e. The third kappa shape index (κ3) is 5.94. The van der Waals surface area contributed by atoms with Crippen molar-refractivity contribution < 1.29 is 17.6 Å². The molecule has 0 unspecified atom stereocenters. The zero-order valence-corrected chi connectivity index (χ0v) is 23.7. The van der Waals surface area contributed by atoms with Crippen LogP contribution in [0.2, 0.25) is 0 Å². The smallest absolute Gasteiger partial charge is 0.417 e. The molecule has 0 fully saturated rings. The average Bonchev–Trinajstić information content (AvgIpc) is 3.46. The fraction of sp³-hybridized carbons (Fsp3) is 0.419. The number of alkyl halides is 3. The predicted molar refractivity (Wildman–Crippen MR) is 156 cm³/mol. The minimum absolute atomic E-state index is 0.0878. The van der Waals surface area contributed by atoms with Gasteiger partial charge in [0.05, 0.1) is 5.56 Å².